The van der Waals surface area contributed by atoms with E-state index >= 15 is 0 Å². The van der Waals surface area contributed by atoms with Crippen LogP contribution in [-0.2, 0) is 20.7 Å². The third kappa shape index (κ3) is 4.89. The summed E-state index contributed by atoms with van der Waals surface area (Å²) < 4.78 is 42.2. The maximum atomic E-state index is 12.5. The van der Waals surface area contributed by atoms with Crippen LogP contribution in [0.15, 0.2) is 18.2 Å². The predicted octanol–water partition coefficient (Wildman–Crippen LogP) is 3.85. The first-order chi connectivity index (χ1) is 9.66. The van der Waals surface area contributed by atoms with Gasteiger partial charge in [-0.2, -0.15) is 13.2 Å². The average Bonchev–Trinajstić information content (AvgIpc) is 2.38. The van der Waals surface area contributed by atoms with Gasteiger partial charge in [0.05, 0.1) is 16.7 Å². The van der Waals surface area contributed by atoms with Gasteiger partial charge in [-0.05, 0) is 31.0 Å². The molecule has 0 aliphatic rings. The molecule has 1 rings (SSSR count). The van der Waals surface area contributed by atoms with E-state index in [2.05, 4.69) is 4.74 Å². The largest absolute Gasteiger partial charge is 0.465 e. The van der Waals surface area contributed by atoms with E-state index < -0.39 is 30.3 Å². The first kappa shape index (κ1) is 17.8. The van der Waals surface area contributed by atoms with E-state index in [1.807, 2.05) is 0 Å². The summed E-state index contributed by atoms with van der Waals surface area (Å²) in [7, 11) is 0. The van der Waals surface area contributed by atoms with Crippen LogP contribution in [0.3, 0.4) is 0 Å². The number of benzene rings is 1. The highest BCUT2D eigenvalue weighted by Gasteiger charge is 2.46. The number of alkyl halides is 3. The van der Waals surface area contributed by atoms with Gasteiger partial charge in [0.1, 0.15) is 5.92 Å². The molecule has 0 fully saturated rings. The molecular formula is C13H11Cl2F3O3. The van der Waals surface area contributed by atoms with Gasteiger partial charge in [0, 0.05) is 0 Å². The zero-order valence-corrected chi connectivity index (χ0v) is 12.4. The van der Waals surface area contributed by atoms with Crippen LogP contribution < -0.4 is 0 Å². The first-order valence-corrected chi connectivity index (χ1v) is 6.64. The molecule has 0 radical (unpaired) electrons. The van der Waals surface area contributed by atoms with Gasteiger partial charge in [0.25, 0.3) is 5.78 Å². The number of halogens is 5. The lowest BCUT2D eigenvalue weighted by Crippen LogP contribution is -2.37. The lowest BCUT2D eigenvalue weighted by Gasteiger charge is -2.16. The van der Waals surface area contributed by atoms with E-state index in [-0.39, 0.29) is 22.2 Å². The van der Waals surface area contributed by atoms with Crippen LogP contribution in [-0.4, -0.2) is 24.5 Å². The Morgan fingerprint density at radius 2 is 1.86 bits per heavy atom. The molecular weight excluding hydrogens is 332 g/mol. The summed E-state index contributed by atoms with van der Waals surface area (Å²) >= 11 is 11.4. The van der Waals surface area contributed by atoms with E-state index in [4.69, 9.17) is 23.2 Å². The zero-order valence-electron chi connectivity index (χ0n) is 10.8. The zero-order chi connectivity index (χ0) is 16.2. The number of carbonyl (C=O) groups excluding carboxylic acids is 2. The fourth-order valence-corrected chi connectivity index (χ4v) is 1.95. The van der Waals surface area contributed by atoms with Crippen LogP contribution in [0.1, 0.15) is 12.5 Å². The number of carbonyl (C=O) groups is 2. The molecule has 0 saturated heterocycles. The third-order valence-corrected chi connectivity index (χ3v) is 3.33. The van der Waals surface area contributed by atoms with Crippen molar-refractivity contribution >= 4 is 35.0 Å². The minimum atomic E-state index is -5.12. The highest BCUT2D eigenvalue weighted by molar-refractivity contribution is 6.42. The van der Waals surface area contributed by atoms with Crippen molar-refractivity contribution in [3.8, 4) is 0 Å². The molecule has 0 aliphatic heterocycles. The summed E-state index contributed by atoms with van der Waals surface area (Å²) in [6.07, 6.45) is -5.58. The van der Waals surface area contributed by atoms with Crippen LogP contribution >= 0.6 is 23.2 Å². The van der Waals surface area contributed by atoms with Crippen molar-refractivity contribution in [2.24, 2.45) is 5.92 Å². The number of esters is 1. The molecule has 0 unspecified atom stereocenters. The van der Waals surface area contributed by atoms with Crippen molar-refractivity contribution in [2.75, 3.05) is 6.61 Å². The monoisotopic (exact) mass is 342 g/mol. The molecule has 21 heavy (non-hydrogen) atoms. The molecule has 1 atom stereocenters. The third-order valence-electron chi connectivity index (χ3n) is 2.59. The molecule has 3 nitrogen and oxygen atoms in total. The number of ether oxygens (including phenoxy) is 1. The molecule has 0 bridgehead atoms. The number of Topliss-reactive ketones (excluding diaryl/α,β-unsaturated/α-hetero) is 1. The summed E-state index contributed by atoms with van der Waals surface area (Å²) in [5, 5.41) is 0.339. The van der Waals surface area contributed by atoms with E-state index in [9.17, 15) is 22.8 Å². The van der Waals surface area contributed by atoms with Crippen molar-refractivity contribution in [1.29, 1.82) is 0 Å². The smallest absolute Gasteiger partial charge is 0.450 e. The SMILES string of the molecule is CCOC(=O)[C@@H](Cc1ccc(Cl)c(Cl)c1)C(=O)C(F)(F)F. The maximum absolute atomic E-state index is 12.5. The Labute approximate surface area is 129 Å². The van der Waals surface area contributed by atoms with E-state index in [0.717, 1.165) is 0 Å². The molecule has 1 aromatic carbocycles. The van der Waals surface area contributed by atoms with Gasteiger partial charge in [-0.3, -0.25) is 9.59 Å². The van der Waals surface area contributed by atoms with E-state index in [0.29, 0.717) is 0 Å². The topological polar surface area (TPSA) is 43.4 Å². The van der Waals surface area contributed by atoms with E-state index in [1.165, 1.54) is 25.1 Å². The van der Waals surface area contributed by atoms with Crippen molar-refractivity contribution in [1.82, 2.24) is 0 Å². The number of hydrogen-bond acceptors (Lipinski definition) is 3. The minimum absolute atomic E-state index is 0.122. The Bertz CT molecular complexity index is 544. The molecule has 0 spiro atoms. The quantitative estimate of drug-likeness (QED) is 0.603. The van der Waals surface area contributed by atoms with Gasteiger partial charge in [-0.1, -0.05) is 29.3 Å². The van der Waals surface area contributed by atoms with Crippen LogP contribution in [0.25, 0.3) is 0 Å². The molecule has 0 N–H and O–H groups in total. The molecule has 0 amide bonds. The second kappa shape index (κ2) is 7.13. The van der Waals surface area contributed by atoms with Crippen LogP contribution in [0.5, 0.6) is 0 Å². The van der Waals surface area contributed by atoms with Gasteiger partial charge in [0.15, 0.2) is 0 Å². The van der Waals surface area contributed by atoms with Gasteiger partial charge < -0.3 is 4.74 Å². The van der Waals surface area contributed by atoms with Crippen molar-refractivity contribution in [3.63, 3.8) is 0 Å². The predicted molar refractivity (Wildman–Crippen MR) is 71.4 cm³/mol. The fourth-order valence-electron chi connectivity index (χ4n) is 1.63. The second-order valence-electron chi connectivity index (χ2n) is 4.12. The minimum Gasteiger partial charge on any atom is -0.465 e. The summed E-state index contributed by atoms with van der Waals surface area (Å²) in [6.45, 7) is 1.31. The standard InChI is InChI=1S/C13H11Cl2F3O3/c1-2-21-12(20)8(11(19)13(16,17)18)5-7-3-4-9(14)10(15)6-7/h3-4,6,8H,2,5H2,1H3/t8-/m0/s1. The molecule has 0 heterocycles. The Morgan fingerprint density at radius 1 is 1.24 bits per heavy atom. The number of ketones is 1. The second-order valence-corrected chi connectivity index (χ2v) is 4.93. The summed E-state index contributed by atoms with van der Waals surface area (Å²) in [5.41, 5.74) is 0.278. The highest BCUT2D eigenvalue weighted by Crippen LogP contribution is 2.27. The molecule has 8 heteroatoms. The van der Waals surface area contributed by atoms with Gasteiger partial charge in [0.2, 0.25) is 0 Å². The van der Waals surface area contributed by atoms with E-state index in [1.54, 1.807) is 0 Å². The lowest BCUT2D eigenvalue weighted by atomic mass is 9.95. The molecule has 0 saturated carbocycles. The number of rotatable bonds is 5. The van der Waals surface area contributed by atoms with Crippen molar-refractivity contribution in [3.05, 3.63) is 33.8 Å². The van der Waals surface area contributed by atoms with Crippen molar-refractivity contribution in [2.45, 2.75) is 19.5 Å². The Hall–Kier alpha value is -1.27. The van der Waals surface area contributed by atoms with Gasteiger partial charge in [-0.25, -0.2) is 0 Å². The Balaban J connectivity index is 3.04. The molecule has 1 aromatic rings. The number of hydrogen-bond donors (Lipinski definition) is 0. The van der Waals surface area contributed by atoms with Crippen LogP contribution in [0.2, 0.25) is 10.0 Å². The Kier molecular flexibility index (Phi) is 6.04. The molecule has 0 aromatic heterocycles. The fraction of sp³-hybridized carbons (Fsp3) is 0.385. The Morgan fingerprint density at radius 3 is 2.33 bits per heavy atom. The maximum Gasteiger partial charge on any atom is 0.450 e. The summed E-state index contributed by atoms with van der Waals surface area (Å²) in [4.78, 5) is 22.9. The van der Waals surface area contributed by atoms with Crippen LogP contribution in [0.4, 0.5) is 13.2 Å². The van der Waals surface area contributed by atoms with Gasteiger partial charge >= 0.3 is 12.1 Å². The molecule has 0 aliphatic carbocycles. The van der Waals surface area contributed by atoms with Gasteiger partial charge in [-0.15, -0.1) is 0 Å². The average molecular weight is 343 g/mol. The highest BCUT2D eigenvalue weighted by atomic mass is 35.5. The molecule has 116 valence electrons. The van der Waals surface area contributed by atoms with Crippen LogP contribution in [0, 0.1) is 5.92 Å². The van der Waals surface area contributed by atoms with Crippen molar-refractivity contribution < 1.29 is 27.5 Å². The normalized spacial score (nSPS) is 12.9. The summed E-state index contributed by atoms with van der Waals surface area (Å²) in [5.74, 6) is -5.32. The lowest BCUT2D eigenvalue weighted by molar-refractivity contribution is -0.180. The summed E-state index contributed by atoms with van der Waals surface area (Å²) in [6, 6.07) is 4.07. The first-order valence-electron chi connectivity index (χ1n) is 5.88.